The maximum absolute atomic E-state index is 3.80. The van der Waals surface area contributed by atoms with Crippen LogP contribution in [-0.2, 0) is 5.41 Å². The average Bonchev–Trinajstić information content (AvgIpc) is 2.84. The minimum absolute atomic E-state index is 0.274. The second-order valence-electron chi connectivity index (χ2n) is 4.27. The maximum Gasteiger partial charge on any atom is 0.0240 e. The highest BCUT2D eigenvalue weighted by atomic mass is 14.5. The SMILES string of the molecule is C=Cc1ccc2c(c1)C2(C)[C](C)CC. The Bertz CT molecular complexity index is 376. The molecule has 1 aliphatic rings. The number of rotatable bonds is 3. The summed E-state index contributed by atoms with van der Waals surface area (Å²) in [6, 6.07) is 6.66. The standard InChI is InChI=1S/C14H17/c1-5-10(3)14(4)12-8-7-11(6-2)9-13(12)14/h6-9H,2,5H2,1,3-4H3. The summed E-state index contributed by atoms with van der Waals surface area (Å²) >= 11 is 0. The smallest absolute Gasteiger partial charge is 0.0240 e. The molecule has 1 unspecified atom stereocenters. The van der Waals surface area contributed by atoms with Crippen LogP contribution in [0, 0.1) is 5.92 Å². The number of hydrogen-bond donors (Lipinski definition) is 0. The van der Waals surface area contributed by atoms with E-state index in [1.165, 1.54) is 16.7 Å². The second-order valence-corrected chi connectivity index (χ2v) is 4.27. The summed E-state index contributed by atoms with van der Waals surface area (Å²) in [5.41, 5.74) is 4.50. The Morgan fingerprint density at radius 2 is 2.14 bits per heavy atom. The summed E-state index contributed by atoms with van der Waals surface area (Å²) in [6.45, 7) is 10.6. The lowest BCUT2D eigenvalue weighted by Gasteiger charge is -2.16. The molecule has 0 saturated carbocycles. The fraction of sp³-hybridized carbons (Fsp3) is 0.357. The van der Waals surface area contributed by atoms with Crippen molar-refractivity contribution in [1.29, 1.82) is 0 Å². The summed E-state index contributed by atoms with van der Waals surface area (Å²) in [6.07, 6.45) is 3.08. The summed E-state index contributed by atoms with van der Waals surface area (Å²) < 4.78 is 0. The van der Waals surface area contributed by atoms with Gasteiger partial charge in [0.25, 0.3) is 0 Å². The molecule has 0 aliphatic heterocycles. The summed E-state index contributed by atoms with van der Waals surface area (Å²) in [5, 5.41) is 0. The molecule has 0 bridgehead atoms. The molecule has 0 fully saturated rings. The molecular formula is C14H17. The van der Waals surface area contributed by atoms with E-state index in [0.29, 0.717) is 0 Å². The van der Waals surface area contributed by atoms with Crippen LogP contribution in [0.25, 0.3) is 6.08 Å². The lowest BCUT2D eigenvalue weighted by molar-refractivity contribution is 0.661. The molecule has 0 aromatic heterocycles. The zero-order chi connectivity index (χ0) is 10.3. The van der Waals surface area contributed by atoms with Crippen molar-refractivity contribution in [3.05, 3.63) is 47.4 Å². The minimum Gasteiger partial charge on any atom is -0.0985 e. The van der Waals surface area contributed by atoms with Crippen molar-refractivity contribution in [2.45, 2.75) is 32.6 Å². The Labute approximate surface area is 86.7 Å². The molecule has 2 rings (SSSR count). The second kappa shape index (κ2) is 2.98. The number of hydrogen-bond acceptors (Lipinski definition) is 0. The van der Waals surface area contributed by atoms with Crippen molar-refractivity contribution in [2.75, 3.05) is 0 Å². The van der Waals surface area contributed by atoms with Crippen LogP contribution in [0.15, 0.2) is 24.8 Å². The monoisotopic (exact) mass is 185 g/mol. The van der Waals surface area contributed by atoms with Gasteiger partial charge in [0.1, 0.15) is 0 Å². The van der Waals surface area contributed by atoms with E-state index < -0.39 is 0 Å². The van der Waals surface area contributed by atoms with E-state index in [1.54, 1.807) is 5.92 Å². The number of benzene rings is 1. The zero-order valence-electron chi connectivity index (χ0n) is 9.22. The van der Waals surface area contributed by atoms with Gasteiger partial charge in [0, 0.05) is 5.41 Å². The summed E-state index contributed by atoms with van der Waals surface area (Å²) in [4.78, 5) is 0. The van der Waals surface area contributed by atoms with Gasteiger partial charge in [0.2, 0.25) is 0 Å². The molecule has 0 heterocycles. The third-order valence-corrected chi connectivity index (χ3v) is 3.68. The first kappa shape index (κ1) is 9.51. The molecule has 0 spiro atoms. The number of fused-ring (bicyclic) bond motifs is 1. The van der Waals surface area contributed by atoms with Gasteiger partial charge in [-0.1, -0.05) is 51.6 Å². The van der Waals surface area contributed by atoms with Crippen LogP contribution in [0.5, 0.6) is 0 Å². The molecule has 1 atom stereocenters. The van der Waals surface area contributed by atoms with Crippen LogP contribution in [0.2, 0.25) is 0 Å². The predicted molar refractivity (Wildman–Crippen MR) is 62.2 cm³/mol. The van der Waals surface area contributed by atoms with Crippen LogP contribution in [0.4, 0.5) is 0 Å². The van der Waals surface area contributed by atoms with Crippen molar-refractivity contribution in [3.63, 3.8) is 0 Å². The van der Waals surface area contributed by atoms with E-state index in [4.69, 9.17) is 0 Å². The third-order valence-electron chi connectivity index (χ3n) is 3.68. The Hall–Kier alpha value is -1.04. The first-order valence-corrected chi connectivity index (χ1v) is 5.25. The zero-order valence-corrected chi connectivity index (χ0v) is 9.22. The molecule has 0 heteroatoms. The van der Waals surface area contributed by atoms with Crippen LogP contribution in [0.1, 0.15) is 43.9 Å². The van der Waals surface area contributed by atoms with Gasteiger partial charge in [0.15, 0.2) is 0 Å². The van der Waals surface area contributed by atoms with Crippen LogP contribution < -0.4 is 0 Å². The van der Waals surface area contributed by atoms with Crippen molar-refractivity contribution in [1.82, 2.24) is 0 Å². The lowest BCUT2D eigenvalue weighted by atomic mass is 9.86. The van der Waals surface area contributed by atoms with Crippen LogP contribution in [0.3, 0.4) is 0 Å². The van der Waals surface area contributed by atoms with Gasteiger partial charge in [0.05, 0.1) is 0 Å². The Morgan fingerprint density at radius 1 is 1.43 bits per heavy atom. The molecule has 73 valence electrons. The molecule has 0 nitrogen and oxygen atoms in total. The first-order chi connectivity index (χ1) is 6.64. The van der Waals surface area contributed by atoms with Crippen molar-refractivity contribution in [3.8, 4) is 0 Å². The molecule has 1 aliphatic carbocycles. The highest BCUT2D eigenvalue weighted by Crippen LogP contribution is 2.56. The summed E-state index contributed by atoms with van der Waals surface area (Å²) in [5.74, 6) is 1.56. The highest BCUT2D eigenvalue weighted by molar-refractivity contribution is 5.67. The molecule has 1 radical (unpaired) electrons. The third kappa shape index (κ3) is 1.06. The van der Waals surface area contributed by atoms with Gasteiger partial charge >= 0.3 is 0 Å². The Kier molecular flexibility index (Phi) is 2.02. The van der Waals surface area contributed by atoms with Crippen LogP contribution in [-0.4, -0.2) is 0 Å². The van der Waals surface area contributed by atoms with E-state index in [-0.39, 0.29) is 5.41 Å². The predicted octanol–water partition coefficient (Wildman–Crippen LogP) is 3.95. The molecule has 0 saturated heterocycles. The largest absolute Gasteiger partial charge is 0.0985 e. The highest BCUT2D eigenvalue weighted by Gasteiger charge is 2.49. The van der Waals surface area contributed by atoms with Crippen LogP contribution >= 0.6 is 0 Å². The van der Waals surface area contributed by atoms with Gasteiger partial charge in [-0.2, -0.15) is 0 Å². The van der Waals surface area contributed by atoms with Gasteiger partial charge < -0.3 is 0 Å². The van der Waals surface area contributed by atoms with Gasteiger partial charge in [-0.3, -0.25) is 0 Å². The van der Waals surface area contributed by atoms with E-state index in [9.17, 15) is 0 Å². The minimum atomic E-state index is 0.274. The Balaban J connectivity index is 2.35. The molecular weight excluding hydrogens is 168 g/mol. The quantitative estimate of drug-likeness (QED) is 0.668. The van der Waals surface area contributed by atoms with Crippen molar-refractivity contribution >= 4 is 6.08 Å². The van der Waals surface area contributed by atoms with E-state index >= 15 is 0 Å². The average molecular weight is 185 g/mol. The van der Waals surface area contributed by atoms with E-state index in [2.05, 4.69) is 45.5 Å². The molecule has 0 amide bonds. The first-order valence-electron chi connectivity index (χ1n) is 5.25. The van der Waals surface area contributed by atoms with Gasteiger partial charge in [-0.15, -0.1) is 0 Å². The normalized spacial score (nSPS) is 23.4. The fourth-order valence-corrected chi connectivity index (χ4v) is 2.24. The van der Waals surface area contributed by atoms with E-state index in [1.807, 2.05) is 6.08 Å². The lowest BCUT2D eigenvalue weighted by Crippen LogP contribution is -2.11. The molecule has 14 heavy (non-hydrogen) atoms. The molecule has 1 aromatic carbocycles. The maximum atomic E-state index is 3.80. The Morgan fingerprint density at radius 3 is 2.71 bits per heavy atom. The van der Waals surface area contributed by atoms with Crippen molar-refractivity contribution < 1.29 is 0 Å². The topological polar surface area (TPSA) is 0 Å². The van der Waals surface area contributed by atoms with E-state index in [0.717, 1.165) is 6.42 Å². The van der Waals surface area contributed by atoms with Crippen molar-refractivity contribution in [2.24, 2.45) is 0 Å². The molecule has 1 aromatic rings. The summed E-state index contributed by atoms with van der Waals surface area (Å²) in [7, 11) is 0. The fourth-order valence-electron chi connectivity index (χ4n) is 2.24. The van der Waals surface area contributed by atoms with Gasteiger partial charge in [-0.25, -0.2) is 0 Å². The van der Waals surface area contributed by atoms with Gasteiger partial charge in [-0.05, 0) is 29.0 Å². The molecule has 0 N–H and O–H groups in total.